The Morgan fingerprint density at radius 3 is 0.945 bits per heavy atom. The van der Waals surface area contributed by atoms with E-state index in [1.54, 1.807) is 0 Å². The van der Waals surface area contributed by atoms with Crippen LogP contribution in [-0.4, -0.2) is 4.57 Å². The lowest BCUT2D eigenvalue weighted by Crippen LogP contribution is -1.99. The highest BCUT2D eigenvalue weighted by Gasteiger charge is 2.19. The van der Waals surface area contributed by atoms with Gasteiger partial charge >= 0.3 is 0 Å². The van der Waals surface area contributed by atoms with E-state index in [-0.39, 0.29) is 0 Å². The molecule has 9 aromatic carbocycles. The minimum Gasteiger partial charge on any atom is -0.309 e. The average Bonchev–Trinajstić information content (AvgIpc) is 3.61. The Bertz CT molecular complexity index is 2770. The first-order valence-electron chi connectivity index (χ1n) is 18.9. The first-order chi connectivity index (χ1) is 27.3. The Morgan fingerprint density at radius 1 is 0.218 bits per heavy atom. The maximum Gasteiger partial charge on any atom is 0.0546 e. The molecule has 0 amide bonds. The van der Waals surface area contributed by atoms with Crippen LogP contribution in [0.15, 0.2) is 224 Å². The Hall–Kier alpha value is -7.22. The van der Waals surface area contributed by atoms with Gasteiger partial charge in [-0.25, -0.2) is 0 Å². The van der Waals surface area contributed by atoms with Gasteiger partial charge in [-0.1, -0.05) is 170 Å². The number of benzene rings is 9. The van der Waals surface area contributed by atoms with E-state index in [2.05, 4.69) is 229 Å². The fraction of sp³-hybridized carbons (Fsp3) is 0. The first-order valence-corrected chi connectivity index (χ1v) is 18.9. The average molecular weight is 700 g/mol. The van der Waals surface area contributed by atoms with Crippen LogP contribution in [0.1, 0.15) is 0 Å². The molecule has 0 spiro atoms. The van der Waals surface area contributed by atoms with E-state index >= 15 is 0 Å². The number of para-hydroxylation sites is 2. The predicted octanol–water partition coefficient (Wildman–Crippen LogP) is 14.8. The first kappa shape index (κ1) is 32.4. The van der Waals surface area contributed by atoms with E-state index in [4.69, 9.17) is 0 Å². The molecule has 0 atom stereocenters. The van der Waals surface area contributed by atoms with Crippen LogP contribution in [-0.2, 0) is 0 Å². The molecule has 0 radical (unpaired) electrons. The van der Waals surface area contributed by atoms with Crippen LogP contribution in [0.5, 0.6) is 0 Å². The van der Waals surface area contributed by atoms with Gasteiger partial charge in [-0.3, -0.25) is 0 Å². The van der Waals surface area contributed by atoms with Crippen molar-refractivity contribution in [1.82, 2.24) is 4.57 Å². The van der Waals surface area contributed by atoms with E-state index in [9.17, 15) is 0 Å². The Kier molecular flexibility index (Phi) is 8.24. The van der Waals surface area contributed by atoms with Crippen molar-refractivity contribution in [3.05, 3.63) is 224 Å². The van der Waals surface area contributed by atoms with E-state index < -0.39 is 0 Å². The number of nitrogens with zero attached hydrogens (tertiary/aromatic N) is 1. The summed E-state index contributed by atoms with van der Waals surface area (Å²) in [7, 11) is 0. The summed E-state index contributed by atoms with van der Waals surface area (Å²) in [4.78, 5) is 0. The van der Waals surface area contributed by atoms with Gasteiger partial charge in [0.05, 0.1) is 16.7 Å². The van der Waals surface area contributed by atoms with Crippen molar-refractivity contribution in [2.45, 2.75) is 0 Å². The Labute approximate surface area is 322 Å². The van der Waals surface area contributed by atoms with Gasteiger partial charge < -0.3 is 4.57 Å². The molecule has 258 valence electrons. The van der Waals surface area contributed by atoms with E-state index in [0.29, 0.717) is 0 Å². The van der Waals surface area contributed by atoms with Gasteiger partial charge in [-0.2, -0.15) is 0 Å². The molecule has 0 saturated heterocycles. The minimum atomic E-state index is 1.14. The maximum atomic E-state index is 2.47. The molecule has 0 unspecified atom stereocenters. The number of hydrogen-bond donors (Lipinski definition) is 0. The zero-order chi connectivity index (χ0) is 36.6. The molecular weight excluding hydrogens is 663 g/mol. The molecule has 1 aromatic heterocycles. The summed E-state index contributed by atoms with van der Waals surface area (Å²) < 4.78 is 2.47. The van der Waals surface area contributed by atoms with Crippen LogP contribution in [0.2, 0.25) is 0 Å². The van der Waals surface area contributed by atoms with Crippen LogP contribution in [0.3, 0.4) is 0 Å². The third-order valence-corrected chi connectivity index (χ3v) is 10.8. The van der Waals surface area contributed by atoms with Crippen LogP contribution in [0, 0.1) is 0 Å². The quantitative estimate of drug-likeness (QED) is 0.156. The van der Waals surface area contributed by atoms with E-state index in [1.165, 1.54) is 83.0 Å². The fourth-order valence-corrected chi connectivity index (χ4v) is 8.09. The van der Waals surface area contributed by atoms with Crippen molar-refractivity contribution in [3.63, 3.8) is 0 Å². The molecule has 1 heteroatoms. The molecule has 1 nitrogen and oxygen atoms in total. The van der Waals surface area contributed by atoms with Crippen molar-refractivity contribution in [3.8, 4) is 72.4 Å². The normalized spacial score (nSPS) is 11.3. The minimum absolute atomic E-state index is 1.14. The highest BCUT2D eigenvalue weighted by atomic mass is 15.0. The largest absolute Gasteiger partial charge is 0.309 e. The molecule has 0 aliphatic rings. The summed E-state index contributed by atoms with van der Waals surface area (Å²) in [5.74, 6) is 0. The van der Waals surface area contributed by atoms with Gasteiger partial charge in [-0.15, -0.1) is 0 Å². The summed E-state index contributed by atoms with van der Waals surface area (Å²) in [6.07, 6.45) is 0. The SMILES string of the molecule is c1ccc(-c2cc(-c3ccccc3)cc(-c3ccc(-c4cc(-c5ccccc5)cc(-c5ccccc5)c4)c(-n4c5ccccc5c5ccccc54)c3)c2)cc1. The topological polar surface area (TPSA) is 4.93 Å². The highest BCUT2D eigenvalue weighted by Crippen LogP contribution is 2.42. The van der Waals surface area contributed by atoms with Gasteiger partial charge in [0.15, 0.2) is 0 Å². The van der Waals surface area contributed by atoms with Crippen molar-refractivity contribution in [2.75, 3.05) is 0 Å². The van der Waals surface area contributed by atoms with E-state index in [1.807, 2.05) is 0 Å². The molecular formula is C54H37N. The molecule has 0 saturated carbocycles. The molecule has 0 aliphatic heterocycles. The molecule has 10 aromatic rings. The lowest BCUT2D eigenvalue weighted by atomic mass is 9.90. The molecule has 55 heavy (non-hydrogen) atoms. The number of rotatable bonds is 7. The molecule has 0 bridgehead atoms. The lowest BCUT2D eigenvalue weighted by Gasteiger charge is -2.19. The van der Waals surface area contributed by atoms with Crippen LogP contribution >= 0.6 is 0 Å². The maximum absolute atomic E-state index is 2.47. The summed E-state index contributed by atoms with van der Waals surface area (Å²) in [6, 6.07) is 81.6. The molecule has 0 N–H and O–H groups in total. The summed E-state index contributed by atoms with van der Waals surface area (Å²) in [6.45, 7) is 0. The second-order valence-corrected chi connectivity index (χ2v) is 14.2. The second-order valence-electron chi connectivity index (χ2n) is 14.2. The Morgan fingerprint density at radius 2 is 0.545 bits per heavy atom. The predicted molar refractivity (Wildman–Crippen MR) is 233 cm³/mol. The van der Waals surface area contributed by atoms with E-state index in [0.717, 1.165) is 11.3 Å². The molecule has 1 heterocycles. The lowest BCUT2D eigenvalue weighted by molar-refractivity contribution is 1.18. The zero-order valence-corrected chi connectivity index (χ0v) is 30.3. The van der Waals surface area contributed by atoms with Gasteiger partial charge in [0, 0.05) is 16.3 Å². The van der Waals surface area contributed by atoms with Crippen molar-refractivity contribution in [1.29, 1.82) is 0 Å². The second kappa shape index (κ2) is 14.0. The molecule has 0 fully saturated rings. The summed E-state index contributed by atoms with van der Waals surface area (Å²) in [5.41, 5.74) is 17.8. The summed E-state index contributed by atoms with van der Waals surface area (Å²) >= 11 is 0. The van der Waals surface area contributed by atoms with Gasteiger partial charge in [-0.05, 0) is 116 Å². The smallest absolute Gasteiger partial charge is 0.0546 e. The number of fused-ring (bicyclic) bond motifs is 3. The third-order valence-electron chi connectivity index (χ3n) is 10.8. The molecule has 0 aliphatic carbocycles. The number of hydrogen-bond acceptors (Lipinski definition) is 0. The van der Waals surface area contributed by atoms with Crippen molar-refractivity contribution in [2.24, 2.45) is 0 Å². The van der Waals surface area contributed by atoms with Crippen LogP contribution in [0.4, 0.5) is 0 Å². The van der Waals surface area contributed by atoms with Gasteiger partial charge in [0.2, 0.25) is 0 Å². The molecule has 10 rings (SSSR count). The third kappa shape index (κ3) is 6.12. The Balaban J connectivity index is 1.26. The van der Waals surface area contributed by atoms with Crippen LogP contribution in [0.25, 0.3) is 94.3 Å². The van der Waals surface area contributed by atoms with Crippen LogP contribution < -0.4 is 0 Å². The highest BCUT2D eigenvalue weighted by molar-refractivity contribution is 6.10. The van der Waals surface area contributed by atoms with Crippen molar-refractivity contribution < 1.29 is 0 Å². The zero-order valence-electron chi connectivity index (χ0n) is 30.3. The standard InChI is InChI=1S/C54H37N/c1-5-17-38(18-6-1)43-31-44(39-19-7-2-8-20-39)34-47(33-43)42-29-30-49(54(37-42)55-52-27-15-13-25-50(52)51-26-14-16-28-53(51)55)48-35-45(40-21-9-3-10-22-40)32-46(36-48)41-23-11-4-12-24-41/h1-37H. The fourth-order valence-electron chi connectivity index (χ4n) is 8.09. The monoisotopic (exact) mass is 699 g/mol. The van der Waals surface area contributed by atoms with Crippen molar-refractivity contribution >= 4 is 21.8 Å². The van der Waals surface area contributed by atoms with Gasteiger partial charge in [0.25, 0.3) is 0 Å². The summed E-state index contributed by atoms with van der Waals surface area (Å²) in [5, 5.41) is 2.49. The number of aromatic nitrogens is 1. The van der Waals surface area contributed by atoms with Gasteiger partial charge in [0.1, 0.15) is 0 Å².